The van der Waals surface area contributed by atoms with Gasteiger partial charge in [-0.1, -0.05) is 13.3 Å². The van der Waals surface area contributed by atoms with Crippen LogP contribution in [-0.2, 0) is 11.2 Å². The van der Waals surface area contributed by atoms with E-state index in [1.54, 1.807) is 6.26 Å². The van der Waals surface area contributed by atoms with Crippen LogP contribution in [-0.4, -0.2) is 38.8 Å². The van der Waals surface area contributed by atoms with Gasteiger partial charge in [-0.25, -0.2) is 0 Å². The molecule has 1 saturated heterocycles. The SMILES string of the molecule is CCC1(CN=C(NCCc2ccco2)NCC2CCOC2)CCC1.I. The van der Waals surface area contributed by atoms with Gasteiger partial charge in [0.05, 0.1) is 12.9 Å². The molecule has 6 heteroatoms. The molecule has 1 atom stereocenters. The van der Waals surface area contributed by atoms with Gasteiger partial charge in [-0.15, -0.1) is 24.0 Å². The van der Waals surface area contributed by atoms with E-state index < -0.39 is 0 Å². The molecule has 1 unspecified atom stereocenters. The Labute approximate surface area is 168 Å². The molecule has 25 heavy (non-hydrogen) atoms. The minimum absolute atomic E-state index is 0. The second-order valence-corrected chi connectivity index (χ2v) is 7.24. The van der Waals surface area contributed by atoms with Gasteiger partial charge in [-0.05, 0) is 43.2 Å². The van der Waals surface area contributed by atoms with Crippen LogP contribution in [0.1, 0.15) is 44.8 Å². The normalized spacial score (nSPS) is 22.1. The zero-order valence-electron chi connectivity index (χ0n) is 15.3. The molecule has 1 aromatic heterocycles. The first-order valence-electron chi connectivity index (χ1n) is 9.42. The van der Waals surface area contributed by atoms with Gasteiger partial charge in [0.15, 0.2) is 5.96 Å². The van der Waals surface area contributed by atoms with Crippen molar-refractivity contribution in [3.8, 4) is 0 Å². The smallest absolute Gasteiger partial charge is 0.191 e. The van der Waals surface area contributed by atoms with E-state index >= 15 is 0 Å². The molecule has 3 rings (SSSR count). The molecule has 142 valence electrons. The van der Waals surface area contributed by atoms with Crippen molar-refractivity contribution in [2.75, 3.05) is 32.8 Å². The number of guanidine groups is 1. The van der Waals surface area contributed by atoms with Crippen LogP contribution in [0.5, 0.6) is 0 Å². The minimum atomic E-state index is 0. The zero-order chi connectivity index (χ0) is 16.7. The predicted molar refractivity (Wildman–Crippen MR) is 112 cm³/mol. The average molecular weight is 461 g/mol. The first-order chi connectivity index (χ1) is 11.8. The predicted octanol–water partition coefficient (Wildman–Crippen LogP) is 3.59. The molecule has 0 bridgehead atoms. The minimum Gasteiger partial charge on any atom is -0.469 e. The van der Waals surface area contributed by atoms with Gasteiger partial charge in [0.25, 0.3) is 0 Å². The quantitative estimate of drug-likeness (QED) is 0.353. The number of aliphatic imine (C=N–C) groups is 1. The molecule has 0 amide bonds. The number of ether oxygens (including phenoxy) is 1. The van der Waals surface area contributed by atoms with Gasteiger partial charge in [0, 0.05) is 38.6 Å². The highest BCUT2D eigenvalue weighted by Gasteiger charge is 2.34. The number of furan rings is 1. The fourth-order valence-corrected chi connectivity index (χ4v) is 3.47. The molecule has 0 spiro atoms. The van der Waals surface area contributed by atoms with E-state index in [2.05, 4.69) is 17.6 Å². The molecule has 0 radical (unpaired) electrons. The van der Waals surface area contributed by atoms with E-state index in [9.17, 15) is 0 Å². The number of nitrogens with zero attached hydrogens (tertiary/aromatic N) is 1. The lowest BCUT2D eigenvalue weighted by Gasteiger charge is -2.40. The van der Waals surface area contributed by atoms with Crippen molar-refractivity contribution in [3.63, 3.8) is 0 Å². The molecular formula is C19H32IN3O2. The number of hydrogen-bond donors (Lipinski definition) is 2. The van der Waals surface area contributed by atoms with Crippen LogP contribution in [0.4, 0.5) is 0 Å². The summed E-state index contributed by atoms with van der Waals surface area (Å²) in [5, 5.41) is 6.98. The van der Waals surface area contributed by atoms with Crippen LogP contribution in [0.2, 0.25) is 0 Å². The molecule has 2 heterocycles. The Morgan fingerprint density at radius 3 is 2.84 bits per heavy atom. The summed E-state index contributed by atoms with van der Waals surface area (Å²) in [7, 11) is 0. The summed E-state index contributed by atoms with van der Waals surface area (Å²) in [6.45, 7) is 6.75. The number of hydrogen-bond acceptors (Lipinski definition) is 3. The Balaban J connectivity index is 0.00000225. The average Bonchev–Trinajstić information content (AvgIpc) is 3.25. The molecule has 2 fully saturated rings. The van der Waals surface area contributed by atoms with Crippen LogP contribution in [0, 0.1) is 11.3 Å². The Hall–Kier alpha value is -0.760. The first kappa shape index (κ1) is 20.6. The third kappa shape index (κ3) is 6.16. The Morgan fingerprint density at radius 1 is 1.36 bits per heavy atom. The highest BCUT2D eigenvalue weighted by molar-refractivity contribution is 14.0. The lowest BCUT2D eigenvalue weighted by molar-refractivity contribution is 0.139. The largest absolute Gasteiger partial charge is 0.469 e. The van der Waals surface area contributed by atoms with Crippen molar-refractivity contribution < 1.29 is 9.15 Å². The lowest BCUT2D eigenvalue weighted by Crippen LogP contribution is -2.42. The van der Waals surface area contributed by atoms with Gasteiger partial charge < -0.3 is 19.8 Å². The van der Waals surface area contributed by atoms with E-state index in [4.69, 9.17) is 14.1 Å². The van der Waals surface area contributed by atoms with Crippen molar-refractivity contribution in [1.29, 1.82) is 0 Å². The van der Waals surface area contributed by atoms with Gasteiger partial charge in [-0.3, -0.25) is 4.99 Å². The molecule has 1 aliphatic heterocycles. The maximum atomic E-state index is 5.46. The fraction of sp³-hybridized carbons (Fsp3) is 0.737. The first-order valence-corrected chi connectivity index (χ1v) is 9.42. The summed E-state index contributed by atoms with van der Waals surface area (Å²) < 4.78 is 10.9. The molecule has 1 saturated carbocycles. The van der Waals surface area contributed by atoms with Crippen molar-refractivity contribution >= 4 is 29.9 Å². The van der Waals surface area contributed by atoms with Crippen molar-refractivity contribution in [2.24, 2.45) is 16.3 Å². The molecule has 1 aliphatic carbocycles. The van der Waals surface area contributed by atoms with Crippen molar-refractivity contribution in [2.45, 2.75) is 45.4 Å². The summed E-state index contributed by atoms with van der Waals surface area (Å²) in [6.07, 6.45) is 8.98. The van der Waals surface area contributed by atoms with Gasteiger partial charge in [-0.2, -0.15) is 0 Å². The van der Waals surface area contributed by atoms with Crippen molar-refractivity contribution in [1.82, 2.24) is 10.6 Å². The summed E-state index contributed by atoms with van der Waals surface area (Å²) in [4.78, 5) is 4.89. The summed E-state index contributed by atoms with van der Waals surface area (Å²) >= 11 is 0. The number of rotatable bonds is 8. The maximum absolute atomic E-state index is 5.46. The third-order valence-corrected chi connectivity index (χ3v) is 5.56. The highest BCUT2D eigenvalue weighted by atomic mass is 127. The monoisotopic (exact) mass is 461 g/mol. The highest BCUT2D eigenvalue weighted by Crippen LogP contribution is 2.43. The number of halogens is 1. The summed E-state index contributed by atoms with van der Waals surface area (Å²) in [5.41, 5.74) is 0.450. The Kier molecular flexibility index (Phi) is 8.55. The molecule has 2 N–H and O–H groups in total. The zero-order valence-corrected chi connectivity index (χ0v) is 17.6. The van der Waals surface area contributed by atoms with Crippen LogP contribution >= 0.6 is 24.0 Å². The summed E-state index contributed by atoms with van der Waals surface area (Å²) in [5.74, 6) is 2.55. The van der Waals surface area contributed by atoms with Crippen LogP contribution in [0.15, 0.2) is 27.8 Å². The van der Waals surface area contributed by atoms with Crippen molar-refractivity contribution in [3.05, 3.63) is 24.2 Å². The van der Waals surface area contributed by atoms with Crippen LogP contribution in [0.3, 0.4) is 0 Å². The van der Waals surface area contributed by atoms with E-state index in [0.29, 0.717) is 11.3 Å². The van der Waals surface area contributed by atoms with E-state index in [1.165, 1.54) is 25.7 Å². The van der Waals surface area contributed by atoms with Gasteiger partial charge in [0.2, 0.25) is 0 Å². The van der Waals surface area contributed by atoms with Crippen LogP contribution in [0.25, 0.3) is 0 Å². The van der Waals surface area contributed by atoms with E-state index in [-0.39, 0.29) is 24.0 Å². The van der Waals surface area contributed by atoms with E-state index in [1.807, 2.05) is 12.1 Å². The van der Waals surface area contributed by atoms with Gasteiger partial charge in [0.1, 0.15) is 5.76 Å². The molecule has 1 aromatic rings. The standard InChI is InChI=1S/C19H31N3O2.HI/c1-2-19(8-4-9-19)15-22-18(21-13-16-7-12-23-14-16)20-10-6-17-5-3-11-24-17;/h3,5,11,16H,2,4,6-10,12-15H2,1H3,(H2,20,21,22);1H. The summed E-state index contributed by atoms with van der Waals surface area (Å²) in [6, 6.07) is 3.95. The maximum Gasteiger partial charge on any atom is 0.191 e. The molecule has 0 aromatic carbocycles. The van der Waals surface area contributed by atoms with E-state index in [0.717, 1.165) is 57.4 Å². The fourth-order valence-electron chi connectivity index (χ4n) is 3.47. The second kappa shape index (κ2) is 10.4. The Bertz CT molecular complexity index is 503. The number of nitrogens with one attached hydrogen (secondary N) is 2. The second-order valence-electron chi connectivity index (χ2n) is 7.24. The molecule has 2 aliphatic rings. The topological polar surface area (TPSA) is 58.8 Å². The van der Waals surface area contributed by atoms with Crippen LogP contribution < -0.4 is 10.6 Å². The molecule has 5 nitrogen and oxygen atoms in total. The van der Waals surface area contributed by atoms with Gasteiger partial charge >= 0.3 is 0 Å². The Morgan fingerprint density at radius 2 is 2.24 bits per heavy atom. The third-order valence-electron chi connectivity index (χ3n) is 5.56. The lowest BCUT2D eigenvalue weighted by atomic mass is 9.67. The molecular weight excluding hydrogens is 429 g/mol.